The van der Waals surface area contributed by atoms with Gasteiger partial charge in [-0.05, 0) is 30.4 Å². The van der Waals surface area contributed by atoms with Crippen LogP contribution in [0.4, 0.5) is 0 Å². The molecule has 2 atom stereocenters. The second-order valence-corrected chi connectivity index (χ2v) is 7.56. The van der Waals surface area contributed by atoms with Crippen molar-refractivity contribution in [2.75, 3.05) is 26.8 Å². The minimum Gasteiger partial charge on any atom is -0.493 e. The highest BCUT2D eigenvalue weighted by Gasteiger charge is 2.37. The molecular weight excluding hydrogens is 358 g/mol. The average molecular weight is 384 g/mol. The van der Waals surface area contributed by atoms with Crippen molar-refractivity contribution in [3.63, 3.8) is 0 Å². The Morgan fingerprint density at radius 1 is 1.35 bits per heavy atom. The number of hydrogen-bond donors (Lipinski definition) is 1. The number of carbonyl (C=O) groups excluding carboxylic acids is 1. The first-order valence-electron chi connectivity index (χ1n) is 8.77. The molecule has 0 spiro atoms. The average Bonchev–Trinajstić information content (AvgIpc) is 2.97. The van der Waals surface area contributed by atoms with Crippen molar-refractivity contribution in [1.29, 1.82) is 0 Å². The molecule has 0 aliphatic carbocycles. The van der Waals surface area contributed by atoms with Crippen LogP contribution in [0.25, 0.3) is 0 Å². The monoisotopic (exact) mass is 383 g/mol. The van der Waals surface area contributed by atoms with Gasteiger partial charge < -0.3 is 19.5 Å². The van der Waals surface area contributed by atoms with Crippen LogP contribution in [0.3, 0.4) is 0 Å². The molecule has 0 unspecified atom stereocenters. The first kappa shape index (κ1) is 20.4. The van der Waals surface area contributed by atoms with Crippen molar-refractivity contribution in [1.82, 2.24) is 4.90 Å². The summed E-state index contributed by atoms with van der Waals surface area (Å²) in [6.45, 7) is 7.15. The number of nitrogens with zero attached hydrogens (tertiary/aromatic N) is 1. The molecule has 1 fully saturated rings. The van der Waals surface area contributed by atoms with Crippen LogP contribution in [0.1, 0.15) is 37.6 Å². The van der Waals surface area contributed by atoms with E-state index >= 15 is 0 Å². The summed E-state index contributed by atoms with van der Waals surface area (Å²) >= 11 is 6.32. The number of rotatable bonds is 7. The summed E-state index contributed by atoms with van der Waals surface area (Å²) in [5, 5.41) is 9.55. The molecule has 0 aromatic heterocycles. The van der Waals surface area contributed by atoms with E-state index in [1.54, 1.807) is 17.0 Å². The van der Waals surface area contributed by atoms with E-state index in [4.69, 9.17) is 21.1 Å². The third-order valence-electron chi connectivity index (χ3n) is 4.63. The van der Waals surface area contributed by atoms with Crippen molar-refractivity contribution < 1.29 is 24.2 Å². The Balaban J connectivity index is 2.18. The van der Waals surface area contributed by atoms with Gasteiger partial charge in [0.05, 0.1) is 24.7 Å². The van der Waals surface area contributed by atoms with E-state index in [0.29, 0.717) is 41.2 Å². The lowest BCUT2D eigenvalue weighted by Crippen LogP contribution is -2.30. The smallest absolute Gasteiger partial charge is 0.308 e. The summed E-state index contributed by atoms with van der Waals surface area (Å²) in [6, 6.07) is 3.15. The highest BCUT2D eigenvalue weighted by Crippen LogP contribution is 2.37. The third kappa shape index (κ3) is 4.61. The molecule has 1 aromatic rings. The van der Waals surface area contributed by atoms with Crippen molar-refractivity contribution >= 4 is 23.5 Å². The molecule has 1 N–H and O–H groups in total. The van der Waals surface area contributed by atoms with Gasteiger partial charge in [-0.1, -0.05) is 32.4 Å². The highest BCUT2D eigenvalue weighted by atomic mass is 35.5. The number of carbonyl (C=O) groups is 2. The van der Waals surface area contributed by atoms with Gasteiger partial charge in [0.1, 0.15) is 0 Å². The van der Waals surface area contributed by atoms with Gasteiger partial charge >= 0.3 is 5.97 Å². The Morgan fingerprint density at radius 2 is 2.04 bits per heavy atom. The number of halogens is 1. The van der Waals surface area contributed by atoms with Crippen LogP contribution in [0, 0.1) is 17.8 Å². The molecule has 1 saturated heterocycles. The maximum Gasteiger partial charge on any atom is 0.308 e. The van der Waals surface area contributed by atoms with Crippen LogP contribution in [-0.4, -0.2) is 48.7 Å². The predicted octanol–water partition coefficient (Wildman–Crippen LogP) is 3.57. The number of hydrogen-bond acceptors (Lipinski definition) is 4. The van der Waals surface area contributed by atoms with E-state index in [9.17, 15) is 14.7 Å². The van der Waals surface area contributed by atoms with Gasteiger partial charge in [0.15, 0.2) is 11.5 Å². The summed E-state index contributed by atoms with van der Waals surface area (Å²) < 4.78 is 11.1. The lowest BCUT2D eigenvalue weighted by Gasteiger charge is -2.18. The number of carboxylic acid groups (broad SMARTS) is 1. The molecule has 0 bridgehead atoms. The van der Waals surface area contributed by atoms with Gasteiger partial charge in [-0.2, -0.15) is 0 Å². The first-order valence-corrected chi connectivity index (χ1v) is 9.14. The molecule has 1 aromatic carbocycles. The summed E-state index contributed by atoms with van der Waals surface area (Å²) in [5.74, 6) is -0.453. The number of ether oxygens (including phenoxy) is 2. The van der Waals surface area contributed by atoms with Crippen molar-refractivity contribution in [3.8, 4) is 11.5 Å². The Kier molecular flexibility index (Phi) is 6.75. The zero-order chi connectivity index (χ0) is 19.4. The maximum absolute atomic E-state index is 12.8. The standard InChI is InChI=1S/C19H26ClNO5/c1-11(2)5-6-26-17-15(20)7-13(8-16(17)25-4)18(22)21-9-12(3)14(10-21)19(23)24/h7-8,11-12,14H,5-6,9-10H2,1-4H3,(H,23,24)/t12-,14-/m1/s1. The van der Waals surface area contributed by atoms with Gasteiger partial charge in [-0.15, -0.1) is 0 Å². The third-order valence-corrected chi connectivity index (χ3v) is 4.92. The van der Waals surface area contributed by atoms with Crippen LogP contribution < -0.4 is 9.47 Å². The molecule has 26 heavy (non-hydrogen) atoms. The number of likely N-dealkylation sites (tertiary alicyclic amines) is 1. The molecule has 0 saturated carbocycles. The largest absolute Gasteiger partial charge is 0.493 e. The maximum atomic E-state index is 12.8. The summed E-state index contributed by atoms with van der Waals surface area (Å²) in [6.07, 6.45) is 0.877. The predicted molar refractivity (Wildman–Crippen MR) is 99.1 cm³/mol. The van der Waals surface area contributed by atoms with Crippen LogP contribution in [-0.2, 0) is 4.79 Å². The Hall–Kier alpha value is -1.95. The fraction of sp³-hybridized carbons (Fsp3) is 0.579. The number of benzene rings is 1. The van der Waals surface area contributed by atoms with Crippen LogP contribution in [0.2, 0.25) is 5.02 Å². The lowest BCUT2D eigenvalue weighted by atomic mass is 9.99. The summed E-state index contributed by atoms with van der Waals surface area (Å²) in [4.78, 5) is 25.6. The highest BCUT2D eigenvalue weighted by molar-refractivity contribution is 6.32. The molecule has 1 aliphatic rings. The van der Waals surface area contributed by atoms with Gasteiger partial charge in [-0.3, -0.25) is 9.59 Å². The molecule has 1 aliphatic heterocycles. The van der Waals surface area contributed by atoms with Gasteiger partial charge in [-0.25, -0.2) is 0 Å². The minimum atomic E-state index is -0.877. The molecule has 1 heterocycles. The molecule has 2 rings (SSSR count). The molecule has 144 valence electrons. The zero-order valence-electron chi connectivity index (χ0n) is 15.6. The van der Waals surface area contributed by atoms with Crippen molar-refractivity contribution in [3.05, 3.63) is 22.7 Å². The number of carboxylic acids is 1. The molecular formula is C19H26ClNO5. The molecule has 6 nitrogen and oxygen atoms in total. The fourth-order valence-corrected chi connectivity index (χ4v) is 3.28. The molecule has 1 amide bonds. The summed E-state index contributed by atoms with van der Waals surface area (Å²) in [7, 11) is 1.49. The second-order valence-electron chi connectivity index (χ2n) is 7.15. The number of aliphatic carboxylic acids is 1. The lowest BCUT2D eigenvalue weighted by molar-refractivity contribution is -0.142. The second kappa shape index (κ2) is 8.62. The van der Waals surface area contributed by atoms with Crippen molar-refractivity contribution in [2.45, 2.75) is 27.2 Å². The van der Waals surface area contributed by atoms with E-state index < -0.39 is 11.9 Å². The van der Waals surface area contributed by atoms with E-state index in [2.05, 4.69) is 13.8 Å². The Morgan fingerprint density at radius 3 is 2.58 bits per heavy atom. The topological polar surface area (TPSA) is 76.1 Å². The fourth-order valence-electron chi connectivity index (χ4n) is 3.02. The zero-order valence-corrected chi connectivity index (χ0v) is 16.4. The summed E-state index contributed by atoms with van der Waals surface area (Å²) in [5.41, 5.74) is 0.362. The number of methoxy groups -OCH3 is 1. The number of amides is 1. The molecule has 7 heteroatoms. The van der Waals surface area contributed by atoms with Crippen molar-refractivity contribution in [2.24, 2.45) is 17.8 Å². The Bertz CT molecular complexity index is 676. The van der Waals surface area contributed by atoms with E-state index in [1.165, 1.54) is 7.11 Å². The van der Waals surface area contributed by atoms with Gasteiger partial charge in [0.2, 0.25) is 0 Å². The van der Waals surface area contributed by atoms with E-state index in [-0.39, 0.29) is 18.4 Å². The Labute approximate surface area is 159 Å². The normalized spacial score (nSPS) is 19.7. The SMILES string of the molecule is COc1cc(C(=O)N2C[C@@H](C)[C@H](C(=O)O)C2)cc(Cl)c1OCCC(C)C. The van der Waals surface area contributed by atoms with E-state index in [1.807, 2.05) is 6.92 Å². The van der Waals surface area contributed by atoms with E-state index in [0.717, 1.165) is 6.42 Å². The minimum absolute atomic E-state index is 0.0903. The molecule has 0 radical (unpaired) electrons. The van der Waals surface area contributed by atoms with Crippen LogP contribution in [0.5, 0.6) is 11.5 Å². The van der Waals surface area contributed by atoms with Crippen LogP contribution >= 0.6 is 11.6 Å². The first-order chi connectivity index (χ1) is 12.2. The van der Waals surface area contributed by atoms with Gasteiger partial charge in [0.25, 0.3) is 5.91 Å². The quantitative estimate of drug-likeness (QED) is 0.779. The van der Waals surface area contributed by atoms with Crippen LogP contribution in [0.15, 0.2) is 12.1 Å². The van der Waals surface area contributed by atoms with Gasteiger partial charge in [0, 0.05) is 18.7 Å².